The van der Waals surface area contributed by atoms with Crippen LogP contribution in [0.4, 0.5) is 5.69 Å². The summed E-state index contributed by atoms with van der Waals surface area (Å²) in [5.74, 6) is -0.00486. The van der Waals surface area contributed by atoms with Crippen LogP contribution in [-0.4, -0.2) is 42.5 Å². The number of esters is 1. The molecule has 1 aliphatic rings. The van der Waals surface area contributed by atoms with Crippen LogP contribution in [-0.2, 0) is 9.53 Å². The Morgan fingerprint density at radius 1 is 0.970 bits per heavy atom. The monoisotopic (exact) mass is 446 g/mol. The fourth-order valence-electron chi connectivity index (χ4n) is 4.16. The number of anilines is 1. The van der Waals surface area contributed by atoms with Crippen LogP contribution in [0.25, 0.3) is 5.69 Å². The number of benzene rings is 2. The molecule has 1 amide bonds. The molecule has 0 N–H and O–H groups in total. The van der Waals surface area contributed by atoms with Gasteiger partial charge in [0.15, 0.2) is 6.61 Å². The smallest absolute Gasteiger partial charge is 0.338 e. The van der Waals surface area contributed by atoms with Crippen LogP contribution >= 0.6 is 0 Å². The highest BCUT2D eigenvalue weighted by Crippen LogP contribution is 2.24. The minimum Gasteiger partial charge on any atom is -0.497 e. The van der Waals surface area contributed by atoms with Gasteiger partial charge in [-0.1, -0.05) is 0 Å². The molecule has 0 spiro atoms. The number of ether oxygens (including phenoxy) is 2. The van der Waals surface area contributed by atoms with Crippen molar-refractivity contribution >= 4 is 23.3 Å². The average molecular weight is 447 g/mol. The molecule has 1 fully saturated rings. The minimum absolute atomic E-state index is 0.0863. The highest BCUT2D eigenvalue weighted by atomic mass is 16.5. The lowest BCUT2D eigenvalue weighted by Gasteiger charge is -2.15. The summed E-state index contributed by atoms with van der Waals surface area (Å²) in [5.41, 5.74) is 4.20. The Labute approximate surface area is 192 Å². The third-order valence-electron chi connectivity index (χ3n) is 5.88. The number of hydrogen-bond donors (Lipinski definition) is 0. The highest BCUT2D eigenvalue weighted by molar-refractivity contribution is 6.01. The van der Waals surface area contributed by atoms with Gasteiger partial charge in [0.25, 0.3) is 0 Å². The molecule has 1 saturated heterocycles. The molecule has 0 atom stereocenters. The molecule has 0 saturated carbocycles. The van der Waals surface area contributed by atoms with E-state index in [0.29, 0.717) is 24.1 Å². The molecule has 33 heavy (non-hydrogen) atoms. The Morgan fingerprint density at radius 2 is 1.64 bits per heavy atom. The summed E-state index contributed by atoms with van der Waals surface area (Å²) < 4.78 is 12.5. The first-order valence-corrected chi connectivity index (χ1v) is 10.8. The number of amides is 1. The van der Waals surface area contributed by atoms with Crippen LogP contribution in [0.1, 0.15) is 44.9 Å². The molecule has 7 nitrogen and oxygen atoms in total. The zero-order chi connectivity index (χ0) is 23.5. The van der Waals surface area contributed by atoms with Gasteiger partial charge in [-0.2, -0.15) is 0 Å². The Morgan fingerprint density at radius 3 is 2.24 bits per heavy atom. The van der Waals surface area contributed by atoms with Gasteiger partial charge in [-0.25, -0.2) is 4.79 Å². The van der Waals surface area contributed by atoms with E-state index < -0.39 is 5.97 Å². The Hall–Kier alpha value is -3.87. The molecule has 0 unspecified atom stereocenters. The highest BCUT2D eigenvalue weighted by Gasteiger charge is 2.22. The summed E-state index contributed by atoms with van der Waals surface area (Å²) in [4.78, 5) is 38.8. The van der Waals surface area contributed by atoms with Crippen LogP contribution < -0.4 is 9.64 Å². The van der Waals surface area contributed by atoms with Gasteiger partial charge in [-0.3, -0.25) is 9.59 Å². The molecule has 4 rings (SSSR count). The van der Waals surface area contributed by atoms with Crippen molar-refractivity contribution < 1.29 is 23.9 Å². The average Bonchev–Trinajstić information content (AvgIpc) is 3.39. The second-order valence-electron chi connectivity index (χ2n) is 8.01. The van der Waals surface area contributed by atoms with Gasteiger partial charge in [-0.05, 0) is 74.9 Å². The number of carbonyl (C=O) groups is 3. The van der Waals surface area contributed by atoms with Crippen molar-refractivity contribution in [1.82, 2.24) is 4.57 Å². The van der Waals surface area contributed by atoms with E-state index in [0.717, 1.165) is 34.9 Å². The van der Waals surface area contributed by atoms with E-state index in [1.54, 1.807) is 42.3 Å². The van der Waals surface area contributed by atoms with Gasteiger partial charge in [0, 0.05) is 41.3 Å². The maximum atomic E-state index is 12.8. The Balaban J connectivity index is 1.42. The van der Waals surface area contributed by atoms with E-state index in [4.69, 9.17) is 9.47 Å². The topological polar surface area (TPSA) is 77.8 Å². The molecule has 1 aliphatic heterocycles. The van der Waals surface area contributed by atoms with Gasteiger partial charge >= 0.3 is 5.97 Å². The fourth-order valence-corrected chi connectivity index (χ4v) is 4.16. The molecule has 170 valence electrons. The van der Waals surface area contributed by atoms with E-state index in [1.807, 2.05) is 42.7 Å². The Kier molecular flexibility index (Phi) is 6.31. The zero-order valence-electron chi connectivity index (χ0n) is 19.0. The largest absolute Gasteiger partial charge is 0.497 e. The van der Waals surface area contributed by atoms with Crippen molar-refractivity contribution in [3.63, 3.8) is 0 Å². The fraction of sp³-hybridized carbons (Fsp3) is 0.269. The number of rotatable bonds is 7. The van der Waals surface area contributed by atoms with Gasteiger partial charge in [0.05, 0.1) is 12.7 Å². The van der Waals surface area contributed by atoms with Gasteiger partial charge in [0.2, 0.25) is 11.7 Å². The minimum atomic E-state index is -0.577. The maximum absolute atomic E-state index is 12.8. The summed E-state index contributed by atoms with van der Waals surface area (Å²) in [7, 11) is 1.61. The first-order chi connectivity index (χ1) is 15.9. The van der Waals surface area contributed by atoms with E-state index in [-0.39, 0.29) is 18.3 Å². The second-order valence-corrected chi connectivity index (χ2v) is 8.01. The molecule has 2 heterocycles. The number of Topliss-reactive ketones (excluding diaryl/α,β-unsaturated/α-hetero) is 1. The van der Waals surface area contributed by atoms with E-state index >= 15 is 0 Å². The van der Waals surface area contributed by atoms with Crippen molar-refractivity contribution in [2.45, 2.75) is 26.7 Å². The summed E-state index contributed by atoms with van der Waals surface area (Å²) in [6.07, 6.45) is 1.38. The molecule has 2 aromatic carbocycles. The normalized spacial score (nSPS) is 13.3. The standard InChI is InChI=1S/C26H26N2O5/c1-17-15-23(18(2)28(17)21-10-12-22(32-3)13-11-21)24(29)16-33-26(31)19-6-8-20(9-7-19)27-14-4-5-25(27)30/h6-13,15H,4-5,14,16H2,1-3H3. The van der Waals surface area contributed by atoms with E-state index in [2.05, 4.69) is 0 Å². The molecule has 0 aliphatic carbocycles. The molecule has 3 aromatic rings. The van der Waals surface area contributed by atoms with Gasteiger partial charge < -0.3 is 18.9 Å². The Bertz CT molecular complexity index is 1190. The third kappa shape index (κ3) is 4.53. The van der Waals surface area contributed by atoms with Crippen molar-refractivity contribution in [2.75, 3.05) is 25.2 Å². The molecular weight excluding hydrogens is 420 g/mol. The maximum Gasteiger partial charge on any atom is 0.338 e. The first-order valence-electron chi connectivity index (χ1n) is 10.8. The van der Waals surface area contributed by atoms with Crippen LogP contribution in [0.5, 0.6) is 5.75 Å². The van der Waals surface area contributed by atoms with Crippen LogP contribution in [0, 0.1) is 13.8 Å². The number of ketones is 1. The number of carbonyl (C=O) groups excluding carboxylic acids is 3. The summed E-state index contributed by atoms with van der Waals surface area (Å²) in [5, 5.41) is 0. The lowest BCUT2D eigenvalue weighted by Crippen LogP contribution is -2.23. The lowest BCUT2D eigenvalue weighted by atomic mass is 10.1. The number of nitrogens with zero attached hydrogens (tertiary/aromatic N) is 2. The predicted molar refractivity (Wildman–Crippen MR) is 124 cm³/mol. The lowest BCUT2D eigenvalue weighted by molar-refractivity contribution is -0.117. The SMILES string of the molecule is COc1ccc(-n2c(C)cc(C(=O)COC(=O)c3ccc(N4CCCC4=O)cc3)c2C)cc1. The van der Waals surface area contributed by atoms with E-state index in [1.165, 1.54) is 0 Å². The summed E-state index contributed by atoms with van der Waals surface area (Å²) in [6.45, 7) is 4.13. The third-order valence-corrected chi connectivity index (χ3v) is 5.88. The molecule has 0 radical (unpaired) electrons. The second kappa shape index (κ2) is 9.32. The number of hydrogen-bond acceptors (Lipinski definition) is 5. The van der Waals surface area contributed by atoms with Crippen molar-refractivity contribution in [1.29, 1.82) is 0 Å². The molecule has 7 heteroatoms. The molecule has 1 aromatic heterocycles. The van der Waals surface area contributed by atoms with Crippen molar-refractivity contribution in [3.05, 3.63) is 77.1 Å². The van der Waals surface area contributed by atoms with Crippen molar-refractivity contribution in [3.8, 4) is 11.4 Å². The first kappa shape index (κ1) is 22.3. The van der Waals surface area contributed by atoms with Crippen LogP contribution in [0.15, 0.2) is 54.6 Å². The van der Waals surface area contributed by atoms with E-state index in [9.17, 15) is 14.4 Å². The van der Waals surface area contributed by atoms with Crippen molar-refractivity contribution in [2.24, 2.45) is 0 Å². The number of aromatic nitrogens is 1. The zero-order valence-corrected chi connectivity index (χ0v) is 19.0. The molecular formula is C26H26N2O5. The predicted octanol–water partition coefficient (Wildman–Crippen LogP) is 4.27. The van der Waals surface area contributed by atoms with Gasteiger partial charge in [-0.15, -0.1) is 0 Å². The van der Waals surface area contributed by atoms with Gasteiger partial charge in [0.1, 0.15) is 5.75 Å². The quantitative estimate of drug-likeness (QED) is 0.400. The summed E-state index contributed by atoms with van der Waals surface area (Å²) in [6, 6.07) is 16.1. The van der Waals surface area contributed by atoms with Crippen LogP contribution in [0.3, 0.4) is 0 Å². The number of aryl methyl sites for hydroxylation is 1. The number of methoxy groups -OCH3 is 1. The molecule has 0 bridgehead atoms. The summed E-state index contributed by atoms with van der Waals surface area (Å²) >= 11 is 0. The van der Waals surface area contributed by atoms with Crippen LogP contribution in [0.2, 0.25) is 0 Å².